The van der Waals surface area contributed by atoms with Gasteiger partial charge >= 0.3 is 0 Å². The van der Waals surface area contributed by atoms with E-state index in [2.05, 4.69) is 37.0 Å². The Kier molecular flexibility index (Phi) is 2.37. The first kappa shape index (κ1) is 10.9. The molecule has 0 fully saturated rings. The number of hydrogen-bond acceptors (Lipinski definition) is 2. The van der Waals surface area contributed by atoms with Crippen molar-refractivity contribution in [1.29, 1.82) is 0 Å². The van der Waals surface area contributed by atoms with Crippen LogP contribution >= 0.6 is 0 Å². The lowest BCUT2D eigenvalue weighted by atomic mass is 10.0. The van der Waals surface area contributed by atoms with E-state index in [4.69, 9.17) is 4.42 Å². The highest BCUT2D eigenvalue weighted by Gasteiger charge is 2.13. The smallest absolute Gasteiger partial charge is 0.144 e. The van der Waals surface area contributed by atoms with Crippen LogP contribution in [0.3, 0.4) is 0 Å². The van der Waals surface area contributed by atoms with Gasteiger partial charge in [0.05, 0.1) is 0 Å². The first-order chi connectivity index (χ1) is 8.72. The van der Waals surface area contributed by atoms with Crippen LogP contribution in [0.25, 0.3) is 27.6 Å². The number of rotatable bonds is 2. The van der Waals surface area contributed by atoms with Crippen LogP contribution < -0.4 is 5.32 Å². The second kappa shape index (κ2) is 3.91. The number of benzene rings is 2. The summed E-state index contributed by atoms with van der Waals surface area (Å²) in [7, 11) is 1.88. The highest BCUT2D eigenvalue weighted by molar-refractivity contribution is 6.08. The second-order valence-corrected chi connectivity index (χ2v) is 4.46. The molecule has 90 valence electrons. The minimum Gasteiger partial charge on any atom is -0.455 e. The van der Waals surface area contributed by atoms with Gasteiger partial charge in [-0.2, -0.15) is 0 Å². The number of hydrogen-bond donors (Lipinski definition) is 1. The predicted molar refractivity (Wildman–Crippen MR) is 76.6 cm³/mol. The molecule has 0 unspecified atom stereocenters. The van der Waals surface area contributed by atoms with E-state index in [1.807, 2.05) is 25.2 Å². The molecule has 0 radical (unpaired) electrons. The number of aryl methyl sites for hydroxylation is 1. The van der Waals surface area contributed by atoms with Gasteiger partial charge in [0.25, 0.3) is 0 Å². The van der Waals surface area contributed by atoms with Crippen molar-refractivity contribution in [2.45, 2.75) is 6.92 Å². The summed E-state index contributed by atoms with van der Waals surface area (Å²) in [6, 6.07) is 12.3. The number of para-hydroxylation sites is 1. The van der Waals surface area contributed by atoms with Gasteiger partial charge in [-0.1, -0.05) is 36.9 Å². The van der Waals surface area contributed by atoms with E-state index in [1.165, 1.54) is 5.56 Å². The van der Waals surface area contributed by atoms with Gasteiger partial charge in [0.15, 0.2) is 0 Å². The molecule has 0 atom stereocenters. The first-order valence-corrected chi connectivity index (χ1v) is 6.00. The molecular weight excluding hydrogens is 222 g/mol. The van der Waals surface area contributed by atoms with Crippen LogP contribution in [0, 0.1) is 6.92 Å². The SMILES string of the molecule is C=C(NC)c1c(C)ccc2c1oc1ccccc12. The summed E-state index contributed by atoms with van der Waals surface area (Å²) in [6.45, 7) is 6.13. The number of furan rings is 1. The standard InChI is InChI=1S/C16H15NO/c1-10-8-9-13-12-6-4-5-7-14(12)18-16(13)15(10)11(2)17-3/h4-9,17H,2H2,1,3H3. The molecule has 1 aromatic heterocycles. The average Bonchev–Trinajstić information content (AvgIpc) is 2.76. The highest BCUT2D eigenvalue weighted by atomic mass is 16.3. The summed E-state index contributed by atoms with van der Waals surface area (Å²) in [5.41, 5.74) is 4.95. The van der Waals surface area contributed by atoms with E-state index < -0.39 is 0 Å². The van der Waals surface area contributed by atoms with Gasteiger partial charge in [-0.15, -0.1) is 0 Å². The molecule has 0 aliphatic heterocycles. The van der Waals surface area contributed by atoms with Crippen LogP contribution in [0.5, 0.6) is 0 Å². The molecule has 0 spiro atoms. The maximum absolute atomic E-state index is 5.99. The van der Waals surface area contributed by atoms with Gasteiger partial charge in [-0.05, 0) is 18.6 Å². The Morgan fingerprint density at radius 1 is 1.11 bits per heavy atom. The van der Waals surface area contributed by atoms with Crippen LogP contribution in [0.2, 0.25) is 0 Å². The fourth-order valence-electron chi connectivity index (χ4n) is 2.39. The Labute approximate surface area is 106 Å². The molecule has 3 rings (SSSR count). The largest absolute Gasteiger partial charge is 0.455 e. The van der Waals surface area contributed by atoms with Gasteiger partial charge in [-0.3, -0.25) is 0 Å². The second-order valence-electron chi connectivity index (χ2n) is 4.46. The van der Waals surface area contributed by atoms with E-state index in [1.54, 1.807) is 0 Å². The molecule has 1 N–H and O–H groups in total. The zero-order valence-corrected chi connectivity index (χ0v) is 10.6. The Morgan fingerprint density at radius 2 is 1.89 bits per heavy atom. The van der Waals surface area contributed by atoms with Crippen molar-refractivity contribution in [3.8, 4) is 0 Å². The van der Waals surface area contributed by atoms with E-state index in [0.717, 1.165) is 33.2 Å². The van der Waals surface area contributed by atoms with E-state index in [-0.39, 0.29) is 0 Å². The maximum atomic E-state index is 5.99. The quantitative estimate of drug-likeness (QED) is 0.726. The van der Waals surface area contributed by atoms with Crippen LogP contribution in [-0.2, 0) is 0 Å². The Hall–Kier alpha value is -2.22. The molecule has 0 aliphatic carbocycles. The van der Waals surface area contributed by atoms with Crippen molar-refractivity contribution in [2.24, 2.45) is 0 Å². The third-order valence-corrected chi connectivity index (χ3v) is 3.36. The maximum Gasteiger partial charge on any atom is 0.144 e. The Bertz CT molecular complexity index is 752. The molecule has 1 heterocycles. The Morgan fingerprint density at radius 3 is 2.67 bits per heavy atom. The first-order valence-electron chi connectivity index (χ1n) is 6.00. The highest BCUT2D eigenvalue weighted by Crippen LogP contribution is 2.34. The van der Waals surface area contributed by atoms with Gasteiger partial charge in [-0.25, -0.2) is 0 Å². The monoisotopic (exact) mass is 237 g/mol. The topological polar surface area (TPSA) is 25.2 Å². The lowest BCUT2D eigenvalue weighted by Gasteiger charge is -2.08. The van der Waals surface area contributed by atoms with Crippen molar-refractivity contribution >= 4 is 27.6 Å². The van der Waals surface area contributed by atoms with Crippen molar-refractivity contribution in [3.63, 3.8) is 0 Å². The van der Waals surface area contributed by atoms with Gasteiger partial charge in [0, 0.05) is 29.1 Å². The summed E-state index contributed by atoms with van der Waals surface area (Å²) in [4.78, 5) is 0. The molecule has 0 amide bonds. The third kappa shape index (κ3) is 1.42. The average molecular weight is 237 g/mol. The van der Waals surface area contributed by atoms with Crippen LogP contribution in [0.15, 0.2) is 47.4 Å². The summed E-state index contributed by atoms with van der Waals surface area (Å²) in [5, 5.41) is 5.40. The van der Waals surface area contributed by atoms with Crippen molar-refractivity contribution in [3.05, 3.63) is 54.1 Å². The van der Waals surface area contributed by atoms with Crippen LogP contribution in [0.1, 0.15) is 11.1 Å². The van der Waals surface area contributed by atoms with Crippen LogP contribution in [-0.4, -0.2) is 7.05 Å². The lowest BCUT2D eigenvalue weighted by Crippen LogP contribution is -2.04. The molecule has 3 aromatic rings. The molecular formula is C16H15NO. The zero-order chi connectivity index (χ0) is 12.7. The van der Waals surface area contributed by atoms with Gasteiger partial charge in [0.1, 0.15) is 11.2 Å². The van der Waals surface area contributed by atoms with Crippen LogP contribution in [0.4, 0.5) is 0 Å². The van der Waals surface area contributed by atoms with Crippen molar-refractivity contribution in [1.82, 2.24) is 5.32 Å². The summed E-state index contributed by atoms with van der Waals surface area (Å²) < 4.78 is 5.99. The van der Waals surface area contributed by atoms with Crippen molar-refractivity contribution < 1.29 is 4.42 Å². The molecule has 18 heavy (non-hydrogen) atoms. The fourth-order valence-corrected chi connectivity index (χ4v) is 2.39. The molecule has 0 saturated carbocycles. The predicted octanol–water partition coefficient (Wildman–Crippen LogP) is 4.08. The molecule has 2 nitrogen and oxygen atoms in total. The third-order valence-electron chi connectivity index (χ3n) is 3.36. The Balaban J connectivity index is 2.47. The minimum atomic E-state index is 0.886. The number of fused-ring (bicyclic) bond motifs is 3. The molecule has 0 saturated heterocycles. The van der Waals surface area contributed by atoms with E-state index >= 15 is 0 Å². The molecule has 0 bridgehead atoms. The molecule has 0 aliphatic rings. The van der Waals surface area contributed by atoms with E-state index in [9.17, 15) is 0 Å². The summed E-state index contributed by atoms with van der Waals surface area (Å²) in [5.74, 6) is 0. The zero-order valence-electron chi connectivity index (χ0n) is 10.6. The number of nitrogens with one attached hydrogen (secondary N) is 1. The molecule has 2 heteroatoms. The summed E-state index contributed by atoms with van der Waals surface area (Å²) >= 11 is 0. The fraction of sp³-hybridized carbons (Fsp3) is 0.125. The minimum absolute atomic E-state index is 0.886. The summed E-state index contributed by atoms with van der Waals surface area (Å²) in [6.07, 6.45) is 0. The van der Waals surface area contributed by atoms with Gasteiger partial charge in [0.2, 0.25) is 0 Å². The normalized spacial score (nSPS) is 11.0. The van der Waals surface area contributed by atoms with Crippen molar-refractivity contribution in [2.75, 3.05) is 7.05 Å². The lowest BCUT2D eigenvalue weighted by molar-refractivity contribution is 0.667. The van der Waals surface area contributed by atoms with Gasteiger partial charge < -0.3 is 9.73 Å². The van der Waals surface area contributed by atoms with E-state index in [0.29, 0.717) is 0 Å². The molecule has 2 aromatic carbocycles.